The van der Waals surface area contributed by atoms with Crippen LogP contribution in [0.25, 0.3) is 0 Å². The number of sulfonamides is 1. The van der Waals surface area contributed by atoms with Crippen molar-refractivity contribution in [3.05, 3.63) is 24.3 Å². The van der Waals surface area contributed by atoms with E-state index in [2.05, 4.69) is 39.2 Å². The molecule has 1 aliphatic heterocycles. The predicted molar refractivity (Wildman–Crippen MR) is 115 cm³/mol. The van der Waals surface area contributed by atoms with Crippen LogP contribution in [0, 0.1) is 5.92 Å². The van der Waals surface area contributed by atoms with Crippen molar-refractivity contribution < 1.29 is 13.5 Å². The lowest BCUT2D eigenvalue weighted by atomic mass is 9.86. The summed E-state index contributed by atoms with van der Waals surface area (Å²) in [6.45, 7) is 7.76. The Hall–Kier alpha value is -1.31. The number of β-amino-alcohol motifs (C(OH)–C–C–N with tert-alkyl or cyclic N) is 1. The van der Waals surface area contributed by atoms with E-state index in [4.69, 9.17) is 0 Å². The molecule has 1 heterocycles. The molecule has 1 unspecified atom stereocenters. The minimum Gasteiger partial charge on any atom is -0.391 e. The topological polar surface area (TPSA) is 81.7 Å². The first kappa shape index (κ1) is 21.4. The molecule has 1 aromatic carbocycles. The Morgan fingerprint density at radius 1 is 1.07 bits per heavy atom. The fraction of sp³-hybridized carbons (Fsp3) is 0.714. The monoisotopic (exact) mass is 409 g/mol. The average molecular weight is 410 g/mol. The molecule has 2 fully saturated rings. The van der Waals surface area contributed by atoms with Gasteiger partial charge in [-0.1, -0.05) is 0 Å². The molecule has 3 rings (SSSR count). The summed E-state index contributed by atoms with van der Waals surface area (Å²) in [5.41, 5.74) is 2.27. The Kier molecular flexibility index (Phi) is 6.57. The van der Waals surface area contributed by atoms with Gasteiger partial charge < -0.3 is 15.3 Å². The van der Waals surface area contributed by atoms with Crippen LogP contribution < -0.4 is 14.9 Å². The molecule has 1 saturated heterocycles. The van der Waals surface area contributed by atoms with Gasteiger partial charge in [-0.05, 0) is 83.1 Å². The van der Waals surface area contributed by atoms with Crippen LogP contribution in [0.1, 0.15) is 52.9 Å². The molecule has 1 aliphatic carbocycles. The average Bonchev–Trinajstić information content (AvgIpc) is 3.07. The van der Waals surface area contributed by atoms with Crippen molar-refractivity contribution in [1.82, 2.24) is 4.72 Å². The summed E-state index contributed by atoms with van der Waals surface area (Å²) >= 11 is 0. The number of hydrogen-bond donors (Lipinski definition) is 3. The van der Waals surface area contributed by atoms with Gasteiger partial charge in [0, 0.05) is 37.1 Å². The summed E-state index contributed by atoms with van der Waals surface area (Å²) in [4.78, 5) is 2.22. The third-order valence-electron chi connectivity index (χ3n) is 5.97. The van der Waals surface area contributed by atoms with Gasteiger partial charge >= 0.3 is 0 Å². The Morgan fingerprint density at radius 3 is 2.25 bits per heavy atom. The lowest BCUT2D eigenvalue weighted by Crippen LogP contribution is -2.46. The second kappa shape index (κ2) is 8.59. The van der Waals surface area contributed by atoms with E-state index in [1.165, 1.54) is 0 Å². The molecule has 2 aliphatic rings. The normalized spacial score (nSPS) is 26.4. The molecular formula is C21H35N3O3S. The zero-order valence-corrected chi connectivity index (χ0v) is 18.1. The standard InChI is InChI=1S/C21H35N3O3S/c1-21(2,3)28(26,27)23-18-6-4-16(5-7-18)14-22-17-8-10-19(11-9-17)24-13-12-20(25)15-24/h8-11,16,18,20,22-23,25H,4-7,12-15H2,1-3H3. The fourth-order valence-electron chi connectivity index (χ4n) is 3.91. The summed E-state index contributed by atoms with van der Waals surface area (Å²) < 4.78 is 26.8. The maximum absolute atomic E-state index is 12.3. The smallest absolute Gasteiger partial charge is 0.216 e. The van der Waals surface area contributed by atoms with E-state index in [1.54, 1.807) is 20.8 Å². The van der Waals surface area contributed by atoms with Crippen LogP contribution in [0.4, 0.5) is 11.4 Å². The number of anilines is 2. The van der Waals surface area contributed by atoms with Gasteiger partial charge in [0.25, 0.3) is 0 Å². The quantitative estimate of drug-likeness (QED) is 0.673. The Bertz CT molecular complexity index is 735. The molecule has 1 saturated carbocycles. The minimum atomic E-state index is -3.27. The van der Waals surface area contributed by atoms with E-state index < -0.39 is 14.8 Å². The van der Waals surface area contributed by atoms with Crippen molar-refractivity contribution in [2.75, 3.05) is 29.9 Å². The zero-order valence-electron chi connectivity index (χ0n) is 17.3. The molecule has 0 spiro atoms. The fourth-order valence-corrected chi connectivity index (χ4v) is 4.94. The van der Waals surface area contributed by atoms with E-state index in [-0.39, 0.29) is 12.1 Å². The Morgan fingerprint density at radius 2 is 1.71 bits per heavy atom. The molecule has 0 aromatic heterocycles. The molecule has 1 atom stereocenters. The molecule has 6 nitrogen and oxygen atoms in total. The first-order valence-electron chi connectivity index (χ1n) is 10.4. The lowest BCUT2D eigenvalue weighted by molar-refractivity contribution is 0.198. The molecule has 0 radical (unpaired) electrons. The Labute approximate surface area is 169 Å². The highest BCUT2D eigenvalue weighted by Gasteiger charge is 2.32. The molecule has 158 valence electrons. The van der Waals surface area contributed by atoms with Crippen molar-refractivity contribution >= 4 is 21.4 Å². The molecule has 1 aromatic rings. The van der Waals surface area contributed by atoms with Gasteiger partial charge in [-0.25, -0.2) is 13.1 Å². The Balaban J connectivity index is 1.42. The number of nitrogens with one attached hydrogen (secondary N) is 2. The largest absolute Gasteiger partial charge is 0.391 e. The zero-order chi connectivity index (χ0) is 20.4. The van der Waals surface area contributed by atoms with Crippen LogP contribution in [0.5, 0.6) is 0 Å². The van der Waals surface area contributed by atoms with Gasteiger partial charge in [-0.2, -0.15) is 0 Å². The number of hydrogen-bond acceptors (Lipinski definition) is 5. The van der Waals surface area contributed by atoms with Gasteiger partial charge in [-0.3, -0.25) is 0 Å². The maximum atomic E-state index is 12.3. The molecule has 28 heavy (non-hydrogen) atoms. The number of rotatable bonds is 6. The molecule has 3 N–H and O–H groups in total. The summed E-state index contributed by atoms with van der Waals surface area (Å²) in [5, 5.41) is 13.2. The van der Waals surface area contributed by atoms with Crippen molar-refractivity contribution in [3.8, 4) is 0 Å². The van der Waals surface area contributed by atoms with E-state index in [1.807, 2.05) is 0 Å². The van der Waals surface area contributed by atoms with Crippen LogP contribution >= 0.6 is 0 Å². The summed E-state index contributed by atoms with van der Waals surface area (Å²) in [6, 6.07) is 8.49. The third kappa shape index (κ3) is 5.39. The number of aliphatic hydroxyl groups is 1. The maximum Gasteiger partial charge on any atom is 0.216 e. The van der Waals surface area contributed by atoms with Crippen LogP contribution in [0.3, 0.4) is 0 Å². The van der Waals surface area contributed by atoms with Gasteiger partial charge in [0.2, 0.25) is 10.0 Å². The van der Waals surface area contributed by atoms with Crippen LogP contribution in [-0.2, 0) is 10.0 Å². The molecule has 7 heteroatoms. The van der Waals surface area contributed by atoms with E-state index in [0.717, 1.165) is 63.1 Å². The summed E-state index contributed by atoms with van der Waals surface area (Å²) in [5.74, 6) is 0.573. The van der Waals surface area contributed by atoms with Gasteiger partial charge in [0.05, 0.1) is 10.9 Å². The predicted octanol–water partition coefficient (Wildman–Crippen LogP) is 2.95. The lowest BCUT2D eigenvalue weighted by Gasteiger charge is -2.31. The number of nitrogens with zero attached hydrogens (tertiary/aromatic N) is 1. The second-order valence-corrected chi connectivity index (χ2v) is 11.7. The number of aliphatic hydroxyl groups excluding tert-OH is 1. The van der Waals surface area contributed by atoms with Crippen molar-refractivity contribution in [2.24, 2.45) is 5.92 Å². The van der Waals surface area contributed by atoms with Crippen LogP contribution in [0.15, 0.2) is 24.3 Å². The van der Waals surface area contributed by atoms with Crippen molar-refractivity contribution in [3.63, 3.8) is 0 Å². The first-order chi connectivity index (χ1) is 13.1. The number of benzene rings is 1. The van der Waals surface area contributed by atoms with Gasteiger partial charge in [-0.15, -0.1) is 0 Å². The SMILES string of the molecule is CC(C)(C)S(=O)(=O)NC1CCC(CNc2ccc(N3CCC(O)C3)cc2)CC1. The first-order valence-corrected chi connectivity index (χ1v) is 11.9. The van der Waals surface area contributed by atoms with E-state index in [9.17, 15) is 13.5 Å². The van der Waals surface area contributed by atoms with Crippen molar-refractivity contribution in [1.29, 1.82) is 0 Å². The van der Waals surface area contributed by atoms with Crippen molar-refractivity contribution in [2.45, 2.75) is 69.8 Å². The van der Waals surface area contributed by atoms with E-state index >= 15 is 0 Å². The van der Waals surface area contributed by atoms with Crippen LogP contribution in [-0.4, -0.2) is 50.1 Å². The molecule has 0 amide bonds. The minimum absolute atomic E-state index is 0.0653. The molecular weight excluding hydrogens is 374 g/mol. The highest BCUT2D eigenvalue weighted by atomic mass is 32.2. The second-order valence-electron chi connectivity index (χ2n) is 9.27. The van der Waals surface area contributed by atoms with Gasteiger partial charge in [0.1, 0.15) is 0 Å². The van der Waals surface area contributed by atoms with E-state index in [0.29, 0.717) is 5.92 Å². The van der Waals surface area contributed by atoms with Gasteiger partial charge in [0.15, 0.2) is 0 Å². The summed E-state index contributed by atoms with van der Waals surface area (Å²) in [7, 11) is -3.27. The summed E-state index contributed by atoms with van der Waals surface area (Å²) in [6.07, 6.45) is 4.51. The highest BCUT2D eigenvalue weighted by Crippen LogP contribution is 2.27. The molecule has 0 bridgehead atoms. The van der Waals surface area contributed by atoms with Crippen LogP contribution in [0.2, 0.25) is 0 Å². The third-order valence-corrected chi connectivity index (χ3v) is 8.22. The highest BCUT2D eigenvalue weighted by molar-refractivity contribution is 7.90.